The molecule has 0 fully saturated rings. The highest BCUT2D eigenvalue weighted by Gasteiger charge is 2.26. The van der Waals surface area contributed by atoms with Crippen LogP contribution in [-0.4, -0.2) is 22.6 Å². The van der Waals surface area contributed by atoms with Crippen molar-refractivity contribution in [2.45, 2.75) is 111 Å². The van der Waals surface area contributed by atoms with Crippen molar-refractivity contribution < 1.29 is 9.53 Å². The molecular formula is C25H44O2S. The van der Waals surface area contributed by atoms with Gasteiger partial charge in [0.05, 0.1) is 0 Å². The topological polar surface area (TPSA) is 26.3 Å². The van der Waals surface area contributed by atoms with E-state index < -0.39 is 0 Å². The Labute approximate surface area is 179 Å². The third kappa shape index (κ3) is 16.0. The van der Waals surface area contributed by atoms with Crippen LogP contribution in [-0.2, 0) is 9.53 Å². The molecule has 0 aliphatic rings. The summed E-state index contributed by atoms with van der Waals surface area (Å²) in [6, 6.07) is 0. The van der Waals surface area contributed by atoms with Gasteiger partial charge >= 0.3 is 5.97 Å². The normalized spacial score (nSPS) is 14.8. The summed E-state index contributed by atoms with van der Waals surface area (Å²) < 4.78 is 5.67. The van der Waals surface area contributed by atoms with Gasteiger partial charge in [0.1, 0.15) is 5.60 Å². The summed E-state index contributed by atoms with van der Waals surface area (Å²) in [7, 11) is 0. The molecule has 0 N–H and O–H groups in total. The number of hydrogen-bond acceptors (Lipinski definition) is 3. The molecule has 28 heavy (non-hydrogen) atoms. The Hall–Kier alpha value is -0.960. The molecule has 0 aromatic heterocycles. The highest BCUT2D eigenvalue weighted by atomic mass is 32.2. The smallest absolute Gasteiger partial charge is 0.303 e. The summed E-state index contributed by atoms with van der Waals surface area (Å²) in [5, 5.41) is 0.613. The first-order valence-electron chi connectivity index (χ1n) is 10.8. The fraction of sp³-hybridized carbons (Fsp3) is 0.720. The fourth-order valence-electron chi connectivity index (χ4n) is 3.05. The van der Waals surface area contributed by atoms with Gasteiger partial charge in [-0.15, -0.1) is 0 Å². The van der Waals surface area contributed by atoms with Crippen molar-refractivity contribution in [3.05, 3.63) is 34.9 Å². The van der Waals surface area contributed by atoms with Crippen LogP contribution in [0.3, 0.4) is 0 Å². The molecule has 0 spiro atoms. The van der Waals surface area contributed by atoms with E-state index in [-0.39, 0.29) is 11.6 Å². The van der Waals surface area contributed by atoms with E-state index in [4.69, 9.17) is 4.74 Å². The van der Waals surface area contributed by atoms with Gasteiger partial charge in [0, 0.05) is 6.92 Å². The molecule has 0 rings (SSSR count). The van der Waals surface area contributed by atoms with E-state index in [0.717, 1.165) is 50.7 Å². The molecule has 162 valence electrons. The van der Waals surface area contributed by atoms with Crippen LogP contribution >= 0.6 is 11.8 Å². The van der Waals surface area contributed by atoms with Gasteiger partial charge in [-0.25, -0.2) is 0 Å². The Morgan fingerprint density at radius 3 is 1.93 bits per heavy atom. The average Bonchev–Trinajstić information content (AvgIpc) is 2.53. The molecule has 3 heteroatoms. The summed E-state index contributed by atoms with van der Waals surface area (Å²) in [5.41, 5.74) is 3.95. The van der Waals surface area contributed by atoms with Gasteiger partial charge in [-0.1, -0.05) is 48.8 Å². The van der Waals surface area contributed by atoms with E-state index in [9.17, 15) is 4.79 Å². The molecular weight excluding hydrogens is 364 g/mol. The molecule has 0 aliphatic carbocycles. The van der Waals surface area contributed by atoms with E-state index in [1.807, 2.05) is 11.8 Å². The van der Waals surface area contributed by atoms with Gasteiger partial charge in [-0.2, -0.15) is 11.8 Å². The fourth-order valence-corrected chi connectivity index (χ4v) is 4.07. The summed E-state index contributed by atoms with van der Waals surface area (Å²) in [6.45, 7) is 16.8. The third-order valence-electron chi connectivity index (χ3n) is 4.76. The quantitative estimate of drug-likeness (QED) is 0.215. The number of rotatable bonds is 14. The van der Waals surface area contributed by atoms with Gasteiger partial charge in [0.15, 0.2) is 0 Å². The number of esters is 1. The molecule has 0 saturated carbocycles. The molecule has 0 radical (unpaired) electrons. The average molecular weight is 409 g/mol. The first-order chi connectivity index (χ1) is 13.0. The molecule has 0 saturated heterocycles. The Kier molecular flexibility index (Phi) is 14.4. The highest BCUT2D eigenvalue weighted by molar-refractivity contribution is 7.99. The monoisotopic (exact) mass is 408 g/mol. The summed E-state index contributed by atoms with van der Waals surface area (Å²) in [4.78, 5) is 11.5. The minimum absolute atomic E-state index is 0.175. The van der Waals surface area contributed by atoms with Crippen LogP contribution < -0.4 is 0 Å². The van der Waals surface area contributed by atoms with Crippen molar-refractivity contribution in [1.82, 2.24) is 0 Å². The van der Waals surface area contributed by atoms with Crippen LogP contribution in [0.2, 0.25) is 0 Å². The van der Waals surface area contributed by atoms with E-state index in [1.165, 1.54) is 23.6 Å². The van der Waals surface area contributed by atoms with Gasteiger partial charge in [-0.3, -0.25) is 4.79 Å². The number of allylic oxidation sites excluding steroid dienone is 6. The minimum Gasteiger partial charge on any atom is -0.460 e. The van der Waals surface area contributed by atoms with Crippen LogP contribution in [0.25, 0.3) is 0 Å². The largest absolute Gasteiger partial charge is 0.460 e. The molecule has 0 heterocycles. The molecule has 2 nitrogen and oxygen atoms in total. The number of carbonyl (C=O) groups excluding carboxylic acids is 1. The van der Waals surface area contributed by atoms with Gasteiger partial charge in [-0.05, 0) is 90.6 Å². The lowest BCUT2D eigenvalue weighted by molar-refractivity contribution is -0.156. The molecule has 0 amide bonds. The number of carbonyl (C=O) groups is 1. The van der Waals surface area contributed by atoms with Crippen molar-refractivity contribution in [3.63, 3.8) is 0 Å². The third-order valence-corrected chi connectivity index (χ3v) is 5.87. The lowest BCUT2D eigenvalue weighted by Gasteiger charge is -2.29. The van der Waals surface area contributed by atoms with Crippen molar-refractivity contribution in [3.8, 4) is 0 Å². The second kappa shape index (κ2) is 15.0. The van der Waals surface area contributed by atoms with Gasteiger partial charge in [0.2, 0.25) is 0 Å². The maximum absolute atomic E-state index is 11.5. The van der Waals surface area contributed by atoms with Crippen LogP contribution in [0.15, 0.2) is 34.9 Å². The van der Waals surface area contributed by atoms with Crippen LogP contribution in [0.5, 0.6) is 0 Å². The second-order valence-corrected chi connectivity index (χ2v) is 10.4. The van der Waals surface area contributed by atoms with E-state index >= 15 is 0 Å². The number of thioether (sulfide) groups is 1. The van der Waals surface area contributed by atoms with Crippen molar-refractivity contribution >= 4 is 17.7 Å². The standard InChI is InChI=1S/C25H44O2S/c1-20(2)12-9-13-22(5)14-10-15-23(6)16-11-17-25(8,27-24(7)26)18-19-28-21(3)4/h12,14,16,21H,9-11,13,15,17-19H2,1-8H3/b22-14+,23-16+. The zero-order valence-electron chi connectivity index (χ0n) is 19.7. The van der Waals surface area contributed by atoms with E-state index in [1.54, 1.807) is 0 Å². The van der Waals surface area contributed by atoms with E-state index in [0.29, 0.717) is 5.25 Å². The molecule has 0 bridgehead atoms. The second-order valence-electron chi connectivity index (χ2n) is 8.71. The maximum Gasteiger partial charge on any atom is 0.303 e. The van der Waals surface area contributed by atoms with Gasteiger partial charge < -0.3 is 4.74 Å². The lowest BCUT2D eigenvalue weighted by atomic mass is 9.95. The zero-order chi connectivity index (χ0) is 21.6. The number of hydrogen-bond donors (Lipinski definition) is 0. The highest BCUT2D eigenvalue weighted by Crippen LogP contribution is 2.26. The molecule has 0 aromatic carbocycles. The Balaban J connectivity index is 4.41. The summed E-state index contributed by atoms with van der Waals surface area (Å²) in [6.07, 6.45) is 14.3. The Morgan fingerprint density at radius 2 is 1.43 bits per heavy atom. The summed E-state index contributed by atoms with van der Waals surface area (Å²) >= 11 is 1.93. The van der Waals surface area contributed by atoms with Crippen molar-refractivity contribution in [1.29, 1.82) is 0 Å². The van der Waals surface area contributed by atoms with Crippen molar-refractivity contribution in [2.75, 3.05) is 5.75 Å². The lowest BCUT2D eigenvalue weighted by Crippen LogP contribution is -2.31. The Morgan fingerprint density at radius 1 is 0.893 bits per heavy atom. The van der Waals surface area contributed by atoms with Crippen LogP contribution in [0.1, 0.15) is 100 Å². The molecule has 0 aliphatic heterocycles. The van der Waals surface area contributed by atoms with Crippen LogP contribution in [0.4, 0.5) is 0 Å². The first-order valence-corrected chi connectivity index (χ1v) is 11.8. The predicted molar refractivity (Wildman–Crippen MR) is 127 cm³/mol. The van der Waals surface area contributed by atoms with Crippen LogP contribution in [0, 0.1) is 0 Å². The predicted octanol–water partition coefficient (Wildman–Crippen LogP) is 8.04. The molecule has 0 aromatic rings. The Bertz CT molecular complexity index is 539. The molecule has 1 unspecified atom stereocenters. The van der Waals surface area contributed by atoms with Crippen molar-refractivity contribution in [2.24, 2.45) is 0 Å². The zero-order valence-corrected chi connectivity index (χ0v) is 20.5. The van der Waals surface area contributed by atoms with Gasteiger partial charge in [0.25, 0.3) is 0 Å². The maximum atomic E-state index is 11.5. The minimum atomic E-state index is -0.355. The SMILES string of the molecule is CC(=O)OC(C)(CC/C=C(\C)CC/C=C(\C)CCC=C(C)C)CCSC(C)C. The summed E-state index contributed by atoms with van der Waals surface area (Å²) in [5.74, 6) is 0.854. The first kappa shape index (κ1) is 27.0. The van der Waals surface area contributed by atoms with E-state index in [2.05, 4.69) is 66.7 Å². The molecule has 1 atom stereocenters. The number of ether oxygens (including phenoxy) is 1.